The van der Waals surface area contributed by atoms with Gasteiger partial charge in [0.1, 0.15) is 11.2 Å². The first kappa shape index (κ1) is 27.9. The second kappa shape index (κ2) is 12.4. The molecule has 192 valence electrons. The quantitative estimate of drug-likeness (QED) is 0.312. The molecule has 33 heavy (non-hydrogen) atoms. The Morgan fingerprint density at radius 3 is 2.12 bits per heavy atom. The summed E-state index contributed by atoms with van der Waals surface area (Å²) < 4.78 is 22.7. The van der Waals surface area contributed by atoms with Gasteiger partial charge in [-0.3, -0.25) is 4.79 Å². The molecule has 0 aromatic rings. The number of amides is 1. The zero-order valence-electron chi connectivity index (χ0n) is 21.9. The minimum absolute atomic E-state index is 0.0238. The molecule has 1 unspecified atom stereocenters. The Morgan fingerprint density at radius 1 is 0.909 bits per heavy atom. The molecule has 0 spiro atoms. The van der Waals surface area contributed by atoms with Crippen LogP contribution in [0.3, 0.4) is 0 Å². The van der Waals surface area contributed by atoms with Gasteiger partial charge in [-0.25, -0.2) is 4.79 Å². The topological polar surface area (TPSA) is 74.3 Å². The van der Waals surface area contributed by atoms with E-state index < -0.39 is 16.6 Å². The van der Waals surface area contributed by atoms with E-state index >= 15 is 0 Å². The minimum Gasteiger partial charge on any atom is -0.460 e. The van der Waals surface area contributed by atoms with E-state index in [0.717, 1.165) is 58.2 Å². The van der Waals surface area contributed by atoms with Gasteiger partial charge >= 0.3 is 12.1 Å². The van der Waals surface area contributed by atoms with Crippen molar-refractivity contribution < 1.29 is 28.5 Å². The Kier molecular flexibility index (Phi) is 10.5. The summed E-state index contributed by atoms with van der Waals surface area (Å²) in [5.74, 6) is -0.128. The van der Waals surface area contributed by atoms with Crippen molar-refractivity contribution in [1.29, 1.82) is 0 Å². The standard InChI is InChI=1S/C26H47NO6/c1-24(2,3)32-22(28)26(15-17-27(18-16-26)23(29)33-25(4,5)6)14-10-7-8-11-19-30-21-13-9-12-20-31-21/h21H,7-20H2,1-6H3. The second-order valence-corrected chi connectivity index (χ2v) is 11.6. The smallest absolute Gasteiger partial charge is 0.410 e. The third kappa shape index (κ3) is 10.2. The first-order valence-electron chi connectivity index (χ1n) is 12.8. The summed E-state index contributed by atoms with van der Waals surface area (Å²) in [6, 6.07) is 0. The zero-order valence-corrected chi connectivity index (χ0v) is 21.9. The number of nitrogens with zero attached hydrogens (tertiary/aromatic N) is 1. The normalized spacial score (nSPS) is 21.5. The number of hydrogen-bond acceptors (Lipinski definition) is 6. The molecule has 7 nitrogen and oxygen atoms in total. The van der Waals surface area contributed by atoms with E-state index in [2.05, 4.69) is 0 Å². The predicted octanol–water partition coefficient (Wildman–Crippen LogP) is 5.84. The summed E-state index contributed by atoms with van der Waals surface area (Å²) in [5.41, 5.74) is -1.58. The molecule has 0 N–H and O–H groups in total. The fourth-order valence-electron chi connectivity index (χ4n) is 4.36. The molecule has 2 aliphatic rings. The van der Waals surface area contributed by atoms with Crippen molar-refractivity contribution in [2.75, 3.05) is 26.3 Å². The van der Waals surface area contributed by atoms with Gasteiger partial charge in [0.15, 0.2) is 6.29 Å². The minimum atomic E-state index is -0.530. The van der Waals surface area contributed by atoms with E-state index in [1.807, 2.05) is 41.5 Å². The van der Waals surface area contributed by atoms with Gasteiger partial charge in [0.05, 0.1) is 5.41 Å². The summed E-state index contributed by atoms with van der Waals surface area (Å²) >= 11 is 0. The van der Waals surface area contributed by atoms with Crippen molar-refractivity contribution in [1.82, 2.24) is 4.90 Å². The lowest BCUT2D eigenvalue weighted by molar-refractivity contribution is -0.171. The van der Waals surface area contributed by atoms with Crippen molar-refractivity contribution in [2.24, 2.45) is 5.41 Å². The molecule has 7 heteroatoms. The zero-order chi connectivity index (χ0) is 24.5. The summed E-state index contributed by atoms with van der Waals surface area (Å²) in [4.78, 5) is 27.4. The van der Waals surface area contributed by atoms with Gasteiger partial charge < -0.3 is 23.8 Å². The van der Waals surface area contributed by atoms with Crippen LogP contribution in [0.5, 0.6) is 0 Å². The fraction of sp³-hybridized carbons (Fsp3) is 0.923. The van der Waals surface area contributed by atoms with Crippen LogP contribution in [0, 0.1) is 5.41 Å². The Morgan fingerprint density at radius 2 is 1.55 bits per heavy atom. The van der Waals surface area contributed by atoms with E-state index in [1.165, 1.54) is 6.42 Å². The van der Waals surface area contributed by atoms with E-state index in [4.69, 9.17) is 18.9 Å². The predicted molar refractivity (Wildman–Crippen MR) is 128 cm³/mol. The molecule has 0 bridgehead atoms. The Bertz CT molecular complexity index is 607. The van der Waals surface area contributed by atoms with Crippen LogP contribution in [0.25, 0.3) is 0 Å². The maximum absolute atomic E-state index is 13.2. The molecule has 0 aromatic heterocycles. The summed E-state index contributed by atoms with van der Waals surface area (Å²) in [6.07, 6.45) is 9.10. The largest absolute Gasteiger partial charge is 0.460 e. The first-order valence-corrected chi connectivity index (χ1v) is 12.8. The maximum Gasteiger partial charge on any atom is 0.410 e. The Labute approximate surface area is 200 Å². The third-order valence-corrected chi connectivity index (χ3v) is 6.20. The highest BCUT2D eigenvalue weighted by atomic mass is 16.7. The van der Waals surface area contributed by atoms with Crippen LogP contribution in [-0.2, 0) is 23.7 Å². The number of likely N-dealkylation sites (tertiary alicyclic amines) is 1. The Hall–Kier alpha value is -1.34. The number of ether oxygens (including phenoxy) is 4. The highest BCUT2D eigenvalue weighted by Gasteiger charge is 2.44. The first-order chi connectivity index (χ1) is 15.4. The molecule has 2 heterocycles. The van der Waals surface area contributed by atoms with Crippen LogP contribution >= 0.6 is 0 Å². The van der Waals surface area contributed by atoms with Crippen molar-refractivity contribution in [3.05, 3.63) is 0 Å². The number of hydrogen-bond donors (Lipinski definition) is 0. The van der Waals surface area contributed by atoms with Gasteiger partial charge in [0, 0.05) is 26.3 Å². The number of esters is 1. The van der Waals surface area contributed by atoms with Crippen LogP contribution in [0.4, 0.5) is 4.79 Å². The molecule has 0 aliphatic carbocycles. The molecular formula is C26H47NO6. The van der Waals surface area contributed by atoms with Crippen LogP contribution in [0.2, 0.25) is 0 Å². The Balaban J connectivity index is 1.80. The number of rotatable bonds is 9. The summed E-state index contributed by atoms with van der Waals surface area (Å²) in [7, 11) is 0. The maximum atomic E-state index is 13.2. The average molecular weight is 470 g/mol. The van der Waals surface area contributed by atoms with Gasteiger partial charge in [0.25, 0.3) is 0 Å². The lowest BCUT2D eigenvalue weighted by Gasteiger charge is -2.41. The van der Waals surface area contributed by atoms with Crippen LogP contribution in [0.15, 0.2) is 0 Å². The molecule has 2 saturated heterocycles. The monoisotopic (exact) mass is 469 g/mol. The molecule has 2 fully saturated rings. The second-order valence-electron chi connectivity index (χ2n) is 11.6. The van der Waals surface area contributed by atoms with Gasteiger partial charge in [-0.2, -0.15) is 0 Å². The van der Waals surface area contributed by atoms with Gasteiger partial charge in [-0.15, -0.1) is 0 Å². The molecule has 0 aromatic carbocycles. The van der Waals surface area contributed by atoms with Crippen molar-refractivity contribution >= 4 is 12.1 Å². The van der Waals surface area contributed by atoms with Crippen LogP contribution in [0.1, 0.15) is 106 Å². The van der Waals surface area contributed by atoms with E-state index in [0.29, 0.717) is 25.9 Å². The molecule has 1 amide bonds. The van der Waals surface area contributed by atoms with Gasteiger partial charge in [-0.05, 0) is 86.5 Å². The van der Waals surface area contributed by atoms with Gasteiger partial charge in [0.2, 0.25) is 0 Å². The van der Waals surface area contributed by atoms with E-state index in [-0.39, 0.29) is 18.4 Å². The molecule has 0 saturated carbocycles. The fourth-order valence-corrected chi connectivity index (χ4v) is 4.36. The molecule has 0 radical (unpaired) electrons. The lowest BCUT2D eigenvalue weighted by atomic mass is 9.74. The highest BCUT2D eigenvalue weighted by Crippen LogP contribution is 2.39. The molecule has 1 atom stereocenters. The summed E-state index contributed by atoms with van der Waals surface area (Å²) in [6.45, 7) is 13.9. The van der Waals surface area contributed by atoms with Crippen molar-refractivity contribution in [3.8, 4) is 0 Å². The molecule has 2 rings (SSSR count). The third-order valence-electron chi connectivity index (χ3n) is 6.20. The highest BCUT2D eigenvalue weighted by molar-refractivity contribution is 5.78. The average Bonchev–Trinajstić information content (AvgIpc) is 2.71. The van der Waals surface area contributed by atoms with E-state index in [1.54, 1.807) is 4.90 Å². The van der Waals surface area contributed by atoms with Gasteiger partial charge in [-0.1, -0.05) is 19.3 Å². The van der Waals surface area contributed by atoms with Crippen molar-refractivity contribution in [3.63, 3.8) is 0 Å². The number of unbranched alkanes of at least 4 members (excludes halogenated alkanes) is 3. The molecule has 2 aliphatic heterocycles. The van der Waals surface area contributed by atoms with Crippen molar-refractivity contribution in [2.45, 2.75) is 123 Å². The number of piperidine rings is 1. The SMILES string of the molecule is CC(C)(C)OC(=O)N1CCC(CCCCCCOC2CCCCO2)(C(=O)OC(C)(C)C)CC1. The molecular weight excluding hydrogens is 422 g/mol. The summed E-state index contributed by atoms with van der Waals surface area (Å²) in [5, 5.41) is 0. The van der Waals surface area contributed by atoms with E-state index in [9.17, 15) is 9.59 Å². The lowest BCUT2D eigenvalue weighted by Crippen LogP contribution is -2.49. The van der Waals surface area contributed by atoms with Crippen LogP contribution in [-0.4, -0.2) is 60.8 Å². The number of carbonyl (C=O) groups excluding carboxylic acids is 2. The van der Waals surface area contributed by atoms with Crippen LogP contribution < -0.4 is 0 Å². The number of carbonyl (C=O) groups is 2.